The molecule has 0 spiro atoms. The molecule has 1 fully saturated rings. The van der Waals surface area contributed by atoms with Crippen molar-refractivity contribution in [3.63, 3.8) is 0 Å². The minimum atomic E-state index is 0.122. The molecule has 2 heterocycles. The van der Waals surface area contributed by atoms with E-state index in [2.05, 4.69) is 22.7 Å². The van der Waals surface area contributed by atoms with Gasteiger partial charge in [-0.2, -0.15) is 0 Å². The number of imidazole rings is 1. The van der Waals surface area contributed by atoms with Crippen LogP contribution >= 0.6 is 0 Å². The minimum Gasteiger partial charge on any atom is -0.342 e. The van der Waals surface area contributed by atoms with Crippen molar-refractivity contribution in [1.29, 1.82) is 0 Å². The SMILES string of the molecule is CCc1nccn1CC1CCN(C(=O)C(C)C)CC1. The van der Waals surface area contributed by atoms with Crippen LogP contribution in [-0.4, -0.2) is 33.4 Å². The quantitative estimate of drug-likeness (QED) is 0.836. The Balaban J connectivity index is 1.85. The average Bonchev–Trinajstić information content (AvgIpc) is 2.86. The van der Waals surface area contributed by atoms with E-state index in [1.54, 1.807) is 0 Å². The van der Waals surface area contributed by atoms with Gasteiger partial charge < -0.3 is 9.47 Å². The van der Waals surface area contributed by atoms with E-state index >= 15 is 0 Å². The van der Waals surface area contributed by atoms with Crippen molar-refractivity contribution in [2.45, 2.75) is 46.6 Å². The summed E-state index contributed by atoms with van der Waals surface area (Å²) in [4.78, 5) is 18.3. The number of nitrogens with zero attached hydrogens (tertiary/aromatic N) is 3. The van der Waals surface area contributed by atoms with E-state index in [1.807, 2.05) is 24.9 Å². The lowest BCUT2D eigenvalue weighted by Gasteiger charge is -2.33. The summed E-state index contributed by atoms with van der Waals surface area (Å²) in [5.41, 5.74) is 0. The molecule has 1 aliphatic rings. The largest absolute Gasteiger partial charge is 0.342 e. The number of carbonyl (C=O) groups is 1. The molecule has 0 radical (unpaired) electrons. The maximum Gasteiger partial charge on any atom is 0.225 e. The van der Waals surface area contributed by atoms with Gasteiger partial charge in [-0.15, -0.1) is 0 Å². The van der Waals surface area contributed by atoms with Crippen LogP contribution in [-0.2, 0) is 17.8 Å². The Labute approximate surface area is 115 Å². The lowest BCUT2D eigenvalue weighted by molar-refractivity contribution is -0.135. The van der Waals surface area contributed by atoms with Crippen molar-refractivity contribution in [3.8, 4) is 0 Å². The van der Waals surface area contributed by atoms with Gasteiger partial charge in [-0.3, -0.25) is 4.79 Å². The molecule has 0 N–H and O–H groups in total. The fourth-order valence-corrected chi connectivity index (χ4v) is 2.80. The summed E-state index contributed by atoms with van der Waals surface area (Å²) in [6.07, 6.45) is 7.16. The molecule has 19 heavy (non-hydrogen) atoms. The summed E-state index contributed by atoms with van der Waals surface area (Å²) >= 11 is 0. The van der Waals surface area contributed by atoms with Gasteiger partial charge in [-0.25, -0.2) is 4.98 Å². The van der Waals surface area contributed by atoms with Gasteiger partial charge in [0.05, 0.1) is 0 Å². The molecule has 1 aromatic rings. The molecule has 106 valence electrons. The number of hydrogen-bond acceptors (Lipinski definition) is 2. The van der Waals surface area contributed by atoms with Gasteiger partial charge in [0.1, 0.15) is 5.82 Å². The molecular weight excluding hydrogens is 238 g/mol. The normalized spacial score (nSPS) is 17.2. The highest BCUT2D eigenvalue weighted by molar-refractivity contribution is 5.78. The average molecular weight is 263 g/mol. The Hall–Kier alpha value is -1.32. The van der Waals surface area contributed by atoms with E-state index in [9.17, 15) is 4.79 Å². The molecule has 0 atom stereocenters. The van der Waals surface area contributed by atoms with Gasteiger partial charge in [0.15, 0.2) is 0 Å². The van der Waals surface area contributed by atoms with Gasteiger partial charge >= 0.3 is 0 Å². The number of rotatable bonds is 4. The first-order valence-corrected chi connectivity index (χ1v) is 7.40. The maximum atomic E-state index is 11.9. The van der Waals surface area contributed by atoms with E-state index in [1.165, 1.54) is 5.82 Å². The van der Waals surface area contributed by atoms with Gasteiger partial charge in [0, 0.05) is 44.4 Å². The van der Waals surface area contributed by atoms with E-state index in [0.29, 0.717) is 11.8 Å². The third-order valence-corrected chi connectivity index (χ3v) is 3.99. The third-order valence-electron chi connectivity index (χ3n) is 3.99. The summed E-state index contributed by atoms with van der Waals surface area (Å²) in [5.74, 6) is 2.27. The number of aryl methyl sites for hydroxylation is 1. The molecular formula is C15H25N3O. The molecule has 4 nitrogen and oxygen atoms in total. The molecule has 0 aliphatic carbocycles. The summed E-state index contributed by atoms with van der Waals surface area (Å²) in [6, 6.07) is 0. The van der Waals surface area contributed by atoms with E-state index in [-0.39, 0.29) is 5.92 Å². The molecule has 0 unspecified atom stereocenters. The predicted molar refractivity (Wildman–Crippen MR) is 75.7 cm³/mol. The second kappa shape index (κ2) is 6.22. The molecule has 1 amide bonds. The van der Waals surface area contributed by atoms with Crippen molar-refractivity contribution >= 4 is 5.91 Å². The number of likely N-dealkylation sites (tertiary alicyclic amines) is 1. The highest BCUT2D eigenvalue weighted by atomic mass is 16.2. The van der Waals surface area contributed by atoms with Crippen LogP contribution in [0.1, 0.15) is 39.4 Å². The van der Waals surface area contributed by atoms with Crippen molar-refractivity contribution in [3.05, 3.63) is 18.2 Å². The van der Waals surface area contributed by atoms with Gasteiger partial charge in [-0.1, -0.05) is 20.8 Å². The Kier molecular flexibility index (Phi) is 4.61. The Morgan fingerprint density at radius 3 is 2.68 bits per heavy atom. The zero-order chi connectivity index (χ0) is 13.8. The van der Waals surface area contributed by atoms with Crippen LogP contribution in [0.3, 0.4) is 0 Å². The molecule has 1 aromatic heterocycles. The fourth-order valence-electron chi connectivity index (χ4n) is 2.80. The molecule has 4 heteroatoms. The molecule has 1 saturated heterocycles. The van der Waals surface area contributed by atoms with Gasteiger partial charge in [0.2, 0.25) is 5.91 Å². The van der Waals surface area contributed by atoms with Crippen LogP contribution in [0.2, 0.25) is 0 Å². The fraction of sp³-hybridized carbons (Fsp3) is 0.733. The standard InChI is InChI=1S/C15H25N3O/c1-4-14-16-7-10-18(14)11-13-5-8-17(9-6-13)15(19)12(2)3/h7,10,12-13H,4-6,8-9,11H2,1-3H3. The second-order valence-corrected chi connectivity index (χ2v) is 5.77. The molecule has 0 aromatic carbocycles. The van der Waals surface area contributed by atoms with Crippen LogP contribution in [0.4, 0.5) is 0 Å². The monoisotopic (exact) mass is 263 g/mol. The Morgan fingerprint density at radius 1 is 1.42 bits per heavy atom. The smallest absolute Gasteiger partial charge is 0.225 e. The van der Waals surface area contributed by atoms with Crippen LogP contribution in [0, 0.1) is 11.8 Å². The minimum absolute atomic E-state index is 0.122. The van der Waals surface area contributed by atoms with Crippen molar-refractivity contribution < 1.29 is 4.79 Å². The lowest BCUT2D eigenvalue weighted by Crippen LogP contribution is -2.41. The molecule has 1 aliphatic heterocycles. The zero-order valence-corrected chi connectivity index (χ0v) is 12.3. The molecule has 2 rings (SSSR count). The number of hydrogen-bond donors (Lipinski definition) is 0. The lowest BCUT2D eigenvalue weighted by atomic mass is 9.96. The highest BCUT2D eigenvalue weighted by Crippen LogP contribution is 2.21. The maximum absolute atomic E-state index is 11.9. The number of piperidine rings is 1. The number of carbonyl (C=O) groups excluding carboxylic acids is 1. The van der Waals surface area contributed by atoms with Gasteiger partial charge in [0.25, 0.3) is 0 Å². The first-order chi connectivity index (χ1) is 9.11. The predicted octanol–water partition coefficient (Wildman–Crippen LogP) is 2.34. The van der Waals surface area contributed by atoms with Gasteiger partial charge in [-0.05, 0) is 18.8 Å². The Bertz CT molecular complexity index is 417. The Morgan fingerprint density at radius 2 is 2.11 bits per heavy atom. The topological polar surface area (TPSA) is 38.1 Å². The number of amides is 1. The van der Waals surface area contributed by atoms with Crippen molar-refractivity contribution in [2.75, 3.05) is 13.1 Å². The van der Waals surface area contributed by atoms with E-state index < -0.39 is 0 Å². The van der Waals surface area contributed by atoms with Crippen molar-refractivity contribution in [1.82, 2.24) is 14.5 Å². The van der Waals surface area contributed by atoms with Crippen LogP contribution in [0.15, 0.2) is 12.4 Å². The van der Waals surface area contributed by atoms with Crippen LogP contribution < -0.4 is 0 Å². The van der Waals surface area contributed by atoms with Crippen LogP contribution in [0.25, 0.3) is 0 Å². The molecule has 0 saturated carbocycles. The highest BCUT2D eigenvalue weighted by Gasteiger charge is 2.24. The van der Waals surface area contributed by atoms with E-state index in [4.69, 9.17) is 0 Å². The van der Waals surface area contributed by atoms with Crippen LogP contribution in [0.5, 0.6) is 0 Å². The first kappa shape index (κ1) is 14.1. The third kappa shape index (κ3) is 3.37. The van der Waals surface area contributed by atoms with E-state index in [0.717, 1.165) is 38.9 Å². The first-order valence-electron chi connectivity index (χ1n) is 7.40. The summed E-state index contributed by atoms with van der Waals surface area (Å²) < 4.78 is 2.27. The number of aromatic nitrogens is 2. The summed E-state index contributed by atoms with van der Waals surface area (Å²) in [7, 11) is 0. The summed E-state index contributed by atoms with van der Waals surface area (Å²) in [5, 5.41) is 0. The second-order valence-electron chi connectivity index (χ2n) is 5.77. The molecule has 0 bridgehead atoms. The van der Waals surface area contributed by atoms with Crippen molar-refractivity contribution in [2.24, 2.45) is 11.8 Å². The zero-order valence-electron chi connectivity index (χ0n) is 12.3. The summed E-state index contributed by atoms with van der Waals surface area (Å²) in [6.45, 7) is 8.98.